The van der Waals surface area contributed by atoms with Gasteiger partial charge >= 0.3 is 0 Å². The number of fused-ring (bicyclic) bond motifs is 1. The summed E-state index contributed by atoms with van der Waals surface area (Å²) in [5.74, 6) is 0. The summed E-state index contributed by atoms with van der Waals surface area (Å²) in [7, 11) is 1.98. The highest BCUT2D eigenvalue weighted by Crippen LogP contribution is 2.13. The highest BCUT2D eigenvalue weighted by molar-refractivity contribution is 5.85. The average Bonchev–Trinajstić information content (AvgIpc) is 2.30. The highest BCUT2D eigenvalue weighted by Gasteiger charge is 2.02. The molecule has 0 aliphatic carbocycles. The van der Waals surface area contributed by atoms with E-state index >= 15 is 0 Å². The van der Waals surface area contributed by atoms with Crippen LogP contribution in [-0.2, 0) is 7.05 Å². The zero-order valence-electron chi connectivity index (χ0n) is 6.98. The average molecular weight is 184 g/mol. The summed E-state index contributed by atoms with van der Waals surface area (Å²) >= 11 is 0. The zero-order chi connectivity index (χ0) is 7.84. The first-order chi connectivity index (χ1) is 5.29. The molecule has 0 unspecified atom stereocenters. The van der Waals surface area contributed by atoms with Crippen molar-refractivity contribution in [3.05, 3.63) is 24.2 Å². The quantitative estimate of drug-likeness (QED) is 0.623. The number of hydrogen-bond acceptors (Lipinski definition) is 2. The van der Waals surface area contributed by atoms with E-state index in [9.17, 15) is 0 Å². The lowest BCUT2D eigenvalue weighted by atomic mass is 10.3. The van der Waals surface area contributed by atoms with E-state index in [-0.39, 0.29) is 12.4 Å². The molecule has 64 valence electrons. The van der Waals surface area contributed by atoms with Gasteiger partial charge in [-0.05, 0) is 12.5 Å². The van der Waals surface area contributed by atoms with Gasteiger partial charge in [-0.1, -0.05) is 0 Å². The Bertz CT molecular complexity index is 358. The summed E-state index contributed by atoms with van der Waals surface area (Å²) in [6.45, 7) is 2.04. The number of hydrogen-bond donors (Lipinski definition) is 0. The molecule has 0 saturated heterocycles. The lowest BCUT2D eigenvalue weighted by Gasteiger charge is -1.90. The molecule has 2 aromatic heterocycles. The van der Waals surface area contributed by atoms with Gasteiger partial charge in [0, 0.05) is 25.6 Å². The number of nitrogens with zero attached hydrogens (tertiary/aromatic N) is 3. The van der Waals surface area contributed by atoms with Crippen LogP contribution in [0.15, 0.2) is 18.6 Å². The first-order valence-electron chi connectivity index (χ1n) is 3.51. The molecule has 2 rings (SSSR count). The molecule has 2 heterocycles. The molecule has 0 saturated carbocycles. The van der Waals surface area contributed by atoms with Gasteiger partial charge in [-0.2, -0.15) is 0 Å². The van der Waals surface area contributed by atoms with E-state index in [1.807, 2.05) is 24.7 Å². The van der Waals surface area contributed by atoms with Gasteiger partial charge in [0.15, 0.2) is 5.65 Å². The molecule has 0 fully saturated rings. The van der Waals surface area contributed by atoms with Crippen molar-refractivity contribution < 1.29 is 0 Å². The SMILES string of the molecule is Cc1cn(C)c2nccnc12.Cl. The maximum Gasteiger partial charge on any atom is 0.158 e. The van der Waals surface area contributed by atoms with Crippen LogP contribution < -0.4 is 0 Å². The molecule has 0 spiro atoms. The van der Waals surface area contributed by atoms with E-state index in [0.717, 1.165) is 11.2 Å². The predicted molar refractivity (Wildman–Crippen MR) is 50.5 cm³/mol. The van der Waals surface area contributed by atoms with Gasteiger partial charge in [0.25, 0.3) is 0 Å². The maximum absolute atomic E-state index is 4.22. The van der Waals surface area contributed by atoms with Crippen LogP contribution in [0.5, 0.6) is 0 Å². The van der Waals surface area contributed by atoms with Gasteiger partial charge in [0.1, 0.15) is 5.52 Å². The zero-order valence-corrected chi connectivity index (χ0v) is 7.80. The van der Waals surface area contributed by atoms with Crippen molar-refractivity contribution in [2.45, 2.75) is 6.92 Å². The summed E-state index contributed by atoms with van der Waals surface area (Å²) in [6.07, 6.45) is 5.46. The van der Waals surface area contributed by atoms with Gasteiger partial charge in [0.05, 0.1) is 0 Å². The third kappa shape index (κ3) is 1.16. The molecule has 0 aliphatic rings. The van der Waals surface area contributed by atoms with Crippen LogP contribution in [0.2, 0.25) is 0 Å². The molecule has 2 aromatic rings. The van der Waals surface area contributed by atoms with Crippen molar-refractivity contribution >= 4 is 23.6 Å². The Kier molecular flexibility index (Phi) is 2.33. The molecule has 12 heavy (non-hydrogen) atoms. The predicted octanol–water partition coefficient (Wildman–Crippen LogP) is 1.70. The number of rotatable bonds is 0. The minimum atomic E-state index is 0. The van der Waals surface area contributed by atoms with Crippen molar-refractivity contribution in [1.29, 1.82) is 0 Å². The molecule has 0 N–H and O–H groups in total. The third-order valence-corrected chi connectivity index (χ3v) is 1.77. The number of halogens is 1. The largest absolute Gasteiger partial charge is 0.334 e. The van der Waals surface area contributed by atoms with Crippen molar-refractivity contribution in [2.24, 2.45) is 7.05 Å². The molecular formula is C8H10ClN3. The topological polar surface area (TPSA) is 30.7 Å². The van der Waals surface area contributed by atoms with Gasteiger partial charge in [-0.25, -0.2) is 4.98 Å². The first-order valence-corrected chi connectivity index (χ1v) is 3.51. The van der Waals surface area contributed by atoms with Gasteiger partial charge in [-0.3, -0.25) is 4.98 Å². The van der Waals surface area contributed by atoms with Crippen LogP contribution in [-0.4, -0.2) is 14.5 Å². The minimum absolute atomic E-state index is 0. The fraction of sp³-hybridized carbons (Fsp3) is 0.250. The fourth-order valence-corrected chi connectivity index (χ4v) is 1.28. The standard InChI is InChI=1S/C8H9N3.ClH/c1-6-5-11(2)8-7(6)9-3-4-10-8;/h3-5H,1-2H3;1H. The molecule has 0 aromatic carbocycles. The second kappa shape index (κ2) is 3.11. The van der Waals surface area contributed by atoms with Gasteiger partial charge in [-0.15, -0.1) is 12.4 Å². The van der Waals surface area contributed by atoms with E-state index in [0.29, 0.717) is 0 Å². The lowest BCUT2D eigenvalue weighted by Crippen LogP contribution is -1.87. The van der Waals surface area contributed by atoms with E-state index in [2.05, 4.69) is 9.97 Å². The van der Waals surface area contributed by atoms with Crippen LogP contribution in [0.4, 0.5) is 0 Å². The molecule has 3 nitrogen and oxygen atoms in total. The second-order valence-corrected chi connectivity index (χ2v) is 2.65. The molecule has 0 bridgehead atoms. The van der Waals surface area contributed by atoms with Crippen molar-refractivity contribution in [2.75, 3.05) is 0 Å². The van der Waals surface area contributed by atoms with Crippen LogP contribution >= 0.6 is 12.4 Å². The summed E-state index contributed by atoms with van der Waals surface area (Å²) in [5.41, 5.74) is 3.12. The first kappa shape index (κ1) is 9.00. The van der Waals surface area contributed by atoms with E-state index < -0.39 is 0 Å². The van der Waals surface area contributed by atoms with Crippen molar-refractivity contribution in [3.63, 3.8) is 0 Å². The van der Waals surface area contributed by atoms with Crippen LogP contribution in [0.25, 0.3) is 11.2 Å². The summed E-state index contributed by atoms with van der Waals surface area (Å²) in [6, 6.07) is 0. The fourth-order valence-electron chi connectivity index (χ4n) is 1.28. The number of aromatic nitrogens is 3. The molecule has 0 aliphatic heterocycles. The normalized spacial score (nSPS) is 9.83. The maximum atomic E-state index is 4.22. The monoisotopic (exact) mass is 183 g/mol. The van der Waals surface area contributed by atoms with E-state index in [1.54, 1.807) is 12.4 Å². The van der Waals surface area contributed by atoms with Gasteiger partial charge in [0.2, 0.25) is 0 Å². The molecule has 0 atom stereocenters. The van der Waals surface area contributed by atoms with Crippen molar-refractivity contribution in [1.82, 2.24) is 14.5 Å². The van der Waals surface area contributed by atoms with Crippen LogP contribution in [0, 0.1) is 6.92 Å². The van der Waals surface area contributed by atoms with E-state index in [4.69, 9.17) is 0 Å². The Hall–Kier alpha value is -1.09. The molecule has 0 radical (unpaired) electrons. The Morgan fingerprint density at radius 1 is 1.25 bits per heavy atom. The summed E-state index contributed by atoms with van der Waals surface area (Å²) in [4.78, 5) is 8.42. The van der Waals surface area contributed by atoms with E-state index in [1.165, 1.54) is 5.56 Å². The smallest absolute Gasteiger partial charge is 0.158 e. The summed E-state index contributed by atoms with van der Waals surface area (Å²) in [5, 5.41) is 0. The highest BCUT2D eigenvalue weighted by atomic mass is 35.5. The van der Waals surface area contributed by atoms with Gasteiger partial charge < -0.3 is 4.57 Å². The van der Waals surface area contributed by atoms with Crippen LogP contribution in [0.1, 0.15) is 5.56 Å². The summed E-state index contributed by atoms with van der Waals surface area (Å²) < 4.78 is 1.98. The number of aryl methyl sites for hydroxylation is 2. The molecular weight excluding hydrogens is 174 g/mol. The van der Waals surface area contributed by atoms with Crippen molar-refractivity contribution in [3.8, 4) is 0 Å². The Labute approximate surface area is 76.9 Å². The minimum Gasteiger partial charge on any atom is -0.334 e. The van der Waals surface area contributed by atoms with Crippen LogP contribution in [0.3, 0.4) is 0 Å². The Morgan fingerprint density at radius 2 is 1.92 bits per heavy atom. The second-order valence-electron chi connectivity index (χ2n) is 2.65. The Morgan fingerprint density at radius 3 is 2.58 bits per heavy atom. The Balaban J connectivity index is 0.000000720. The molecule has 4 heteroatoms. The third-order valence-electron chi connectivity index (χ3n) is 1.77. The lowest BCUT2D eigenvalue weighted by molar-refractivity contribution is 0.942. The molecule has 0 amide bonds.